The molecule has 11 heteroatoms. The number of amides is 2. The first-order valence-electron chi connectivity index (χ1n) is 11.6. The zero-order valence-electron chi connectivity index (χ0n) is 19.5. The van der Waals surface area contributed by atoms with Gasteiger partial charge in [0.2, 0.25) is 11.8 Å². The van der Waals surface area contributed by atoms with Crippen molar-refractivity contribution in [1.29, 1.82) is 0 Å². The highest BCUT2D eigenvalue weighted by molar-refractivity contribution is 5.84. The minimum atomic E-state index is -4.46. The van der Waals surface area contributed by atoms with Crippen LogP contribution in [0.5, 0.6) is 5.75 Å². The Labute approximate surface area is 206 Å². The van der Waals surface area contributed by atoms with Crippen molar-refractivity contribution in [2.75, 3.05) is 19.7 Å². The van der Waals surface area contributed by atoms with Gasteiger partial charge in [0.05, 0.1) is 30.9 Å². The summed E-state index contributed by atoms with van der Waals surface area (Å²) in [5, 5.41) is 18.8. The second-order valence-corrected chi connectivity index (χ2v) is 8.62. The predicted octanol–water partition coefficient (Wildman–Crippen LogP) is 2.70. The molecule has 0 spiro atoms. The minimum Gasteiger partial charge on any atom is -0.491 e. The molecule has 0 saturated heterocycles. The quantitative estimate of drug-likeness (QED) is 0.463. The lowest BCUT2D eigenvalue weighted by molar-refractivity contribution is -0.137. The van der Waals surface area contributed by atoms with Crippen LogP contribution in [0, 0.1) is 5.82 Å². The second kappa shape index (κ2) is 12.7. The van der Waals surface area contributed by atoms with Crippen molar-refractivity contribution < 1.29 is 37.0 Å². The molecule has 0 aliphatic carbocycles. The van der Waals surface area contributed by atoms with Gasteiger partial charge >= 0.3 is 6.18 Å². The van der Waals surface area contributed by atoms with Crippen LogP contribution in [0.3, 0.4) is 0 Å². The fraction of sp³-hybridized carbons (Fsp3) is 0.440. The lowest BCUT2D eigenvalue weighted by atomic mass is 10.0. The average molecular weight is 512 g/mol. The van der Waals surface area contributed by atoms with E-state index in [0.29, 0.717) is 24.0 Å². The fourth-order valence-electron chi connectivity index (χ4n) is 3.78. The van der Waals surface area contributed by atoms with Crippen LogP contribution in [0.1, 0.15) is 36.0 Å². The SMILES string of the molecule is O=C1CCCCOc2ccc(cc2F)CC([C@H](O)CNCc2cccc(C(F)(F)F)c2)NC(=O)CN1. The number of benzene rings is 2. The summed E-state index contributed by atoms with van der Waals surface area (Å²) in [6, 6.07) is 8.33. The number of aliphatic hydroxyl groups is 1. The molecule has 4 N–H and O–H groups in total. The molecule has 2 aliphatic rings. The molecule has 0 saturated carbocycles. The zero-order valence-corrected chi connectivity index (χ0v) is 19.5. The third-order valence-corrected chi connectivity index (χ3v) is 5.70. The maximum atomic E-state index is 14.5. The number of ether oxygens (including phenoxy) is 1. The van der Waals surface area contributed by atoms with E-state index < -0.39 is 35.6 Å². The highest BCUT2D eigenvalue weighted by Gasteiger charge is 2.30. The van der Waals surface area contributed by atoms with E-state index in [1.807, 2.05) is 0 Å². The van der Waals surface area contributed by atoms with E-state index in [-0.39, 0.29) is 50.7 Å². The van der Waals surface area contributed by atoms with Gasteiger partial charge in [-0.3, -0.25) is 9.59 Å². The van der Waals surface area contributed by atoms with E-state index in [1.54, 1.807) is 6.07 Å². The average Bonchev–Trinajstić information content (AvgIpc) is 2.82. The van der Waals surface area contributed by atoms with Crippen molar-refractivity contribution in [1.82, 2.24) is 16.0 Å². The summed E-state index contributed by atoms with van der Waals surface area (Å²) in [5.41, 5.74) is 0.0984. The van der Waals surface area contributed by atoms with Crippen LogP contribution in [0.25, 0.3) is 0 Å². The van der Waals surface area contributed by atoms with Crippen molar-refractivity contribution in [2.24, 2.45) is 0 Å². The molecule has 7 nitrogen and oxygen atoms in total. The predicted molar refractivity (Wildman–Crippen MR) is 124 cm³/mol. The molecule has 1 unspecified atom stereocenters. The topological polar surface area (TPSA) is 99.7 Å². The number of aliphatic hydroxyl groups excluding tert-OH is 1. The Kier molecular flexibility index (Phi) is 9.65. The largest absolute Gasteiger partial charge is 0.491 e. The maximum absolute atomic E-state index is 14.5. The number of alkyl halides is 3. The van der Waals surface area contributed by atoms with Crippen LogP contribution in [-0.4, -0.2) is 48.8 Å². The fourth-order valence-corrected chi connectivity index (χ4v) is 3.78. The Hall–Kier alpha value is -3.18. The van der Waals surface area contributed by atoms with Gasteiger partial charge in [0, 0.05) is 19.5 Å². The summed E-state index contributed by atoms with van der Waals surface area (Å²) in [4.78, 5) is 24.4. The smallest absolute Gasteiger partial charge is 0.416 e. The van der Waals surface area contributed by atoms with Crippen LogP contribution < -0.4 is 20.7 Å². The van der Waals surface area contributed by atoms with Gasteiger partial charge in [-0.05, 0) is 48.6 Å². The Morgan fingerprint density at radius 3 is 2.67 bits per heavy atom. The number of fused-ring (bicyclic) bond motifs is 13. The molecule has 2 bridgehead atoms. The Bertz CT molecular complexity index is 1050. The lowest BCUT2D eigenvalue weighted by Gasteiger charge is -2.25. The molecule has 36 heavy (non-hydrogen) atoms. The third-order valence-electron chi connectivity index (χ3n) is 5.70. The molecule has 4 rings (SSSR count). The number of carbonyl (C=O) groups excluding carboxylic acids is 2. The normalized spacial score (nSPS) is 18.8. The van der Waals surface area contributed by atoms with Crippen molar-refractivity contribution in [3.63, 3.8) is 0 Å². The van der Waals surface area contributed by atoms with Gasteiger partial charge < -0.3 is 25.8 Å². The summed E-state index contributed by atoms with van der Waals surface area (Å²) in [6.07, 6.45) is -4.32. The summed E-state index contributed by atoms with van der Waals surface area (Å²) < 4.78 is 58.7. The summed E-state index contributed by atoms with van der Waals surface area (Å²) in [6.45, 7) is -0.0535. The van der Waals surface area contributed by atoms with Crippen molar-refractivity contribution >= 4 is 11.8 Å². The van der Waals surface area contributed by atoms with Crippen molar-refractivity contribution in [2.45, 2.75) is 50.6 Å². The Balaban J connectivity index is 1.68. The van der Waals surface area contributed by atoms with E-state index in [9.17, 15) is 32.3 Å². The first-order valence-corrected chi connectivity index (χ1v) is 11.6. The standard InChI is InChI=1S/C25H29F4N3O4/c26-19-11-16-7-8-22(19)36-9-2-1-6-23(34)31-15-24(35)32-20(12-16)21(33)14-30-13-17-4-3-5-18(10-17)25(27,28)29/h3-5,7-8,10-11,20-21,30,33H,1-2,6,9,12-15H2,(H,31,34)(H,32,35)/t20?,21-/m1/s1. The van der Waals surface area contributed by atoms with E-state index in [4.69, 9.17) is 4.74 Å². The van der Waals surface area contributed by atoms with Crippen molar-refractivity contribution in [3.05, 3.63) is 65.0 Å². The third kappa shape index (κ3) is 8.49. The highest BCUT2D eigenvalue weighted by atomic mass is 19.4. The molecule has 2 heterocycles. The van der Waals surface area contributed by atoms with Gasteiger partial charge in [-0.15, -0.1) is 0 Å². The van der Waals surface area contributed by atoms with E-state index >= 15 is 0 Å². The number of nitrogens with one attached hydrogen (secondary N) is 3. The van der Waals surface area contributed by atoms with Gasteiger partial charge in [-0.2, -0.15) is 13.2 Å². The maximum Gasteiger partial charge on any atom is 0.416 e. The van der Waals surface area contributed by atoms with Gasteiger partial charge in [-0.25, -0.2) is 4.39 Å². The van der Waals surface area contributed by atoms with E-state index in [0.717, 1.165) is 12.1 Å². The number of carbonyl (C=O) groups is 2. The van der Waals surface area contributed by atoms with Crippen LogP contribution in [-0.2, 0) is 28.7 Å². The molecule has 2 amide bonds. The summed E-state index contributed by atoms with van der Waals surface area (Å²) in [5.74, 6) is -1.36. The molecule has 0 aromatic heterocycles. The van der Waals surface area contributed by atoms with Crippen molar-refractivity contribution in [3.8, 4) is 5.75 Å². The molecule has 0 radical (unpaired) electrons. The van der Waals surface area contributed by atoms with Crippen LogP contribution in [0.2, 0.25) is 0 Å². The van der Waals surface area contributed by atoms with Crippen LogP contribution in [0.15, 0.2) is 42.5 Å². The minimum absolute atomic E-state index is 0.0539. The molecule has 0 fully saturated rings. The van der Waals surface area contributed by atoms with Gasteiger partial charge in [0.1, 0.15) is 0 Å². The summed E-state index contributed by atoms with van der Waals surface area (Å²) in [7, 11) is 0. The lowest BCUT2D eigenvalue weighted by Crippen LogP contribution is -2.51. The zero-order chi connectivity index (χ0) is 26.1. The molecule has 2 aromatic rings. The van der Waals surface area contributed by atoms with Crippen LogP contribution >= 0.6 is 0 Å². The Morgan fingerprint density at radius 1 is 1.11 bits per heavy atom. The molecule has 196 valence electrons. The van der Waals surface area contributed by atoms with E-state index in [2.05, 4.69) is 16.0 Å². The number of hydrogen-bond donors (Lipinski definition) is 4. The number of halogens is 4. The Morgan fingerprint density at radius 2 is 1.92 bits per heavy atom. The molecule has 2 aromatic carbocycles. The van der Waals surface area contributed by atoms with Gasteiger partial charge in [0.25, 0.3) is 0 Å². The second-order valence-electron chi connectivity index (χ2n) is 8.62. The van der Waals surface area contributed by atoms with Gasteiger partial charge in [-0.1, -0.05) is 24.3 Å². The first kappa shape index (κ1) is 27.4. The highest BCUT2D eigenvalue weighted by Crippen LogP contribution is 2.29. The van der Waals surface area contributed by atoms with Crippen LogP contribution in [0.4, 0.5) is 17.6 Å². The monoisotopic (exact) mass is 511 g/mol. The first-order chi connectivity index (χ1) is 17.1. The molecular formula is C25H29F4N3O4. The number of rotatable bonds is 5. The molecule has 2 aliphatic heterocycles. The van der Waals surface area contributed by atoms with Gasteiger partial charge in [0.15, 0.2) is 11.6 Å². The number of hydrogen-bond acceptors (Lipinski definition) is 5. The molecule has 2 atom stereocenters. The van der Waals surface area contributed by atoms with E-state index in [1.165, 1.54) is 24.3 Å². The summed E-state index contributed by atoms with van der Waals surface area (Å²) >= 11 is 0. The molecular weight excluding hydrogens is 482 g/mol.